The van der Waals surface area contributed by atoms with E-state index in [0.29, 0.717) is 38.8 Å². The van der Waals surface area contributed by atoms with E-state index in [4.69, 9.17) is 33.1 Å². The molecule has 0 saturated carbocycles. The predicted octanol–water partition coefficient (Wildman–Crippen LogP) is 9.01. The van der Waals surface area contributed by atoms with E-state index in [0.717, 1.165) is 86.3 Å². The SMILES string of the molecule is NS(=O)(=O)c1ccc(N(C(=O)c2ccc(N3CCN(CC4=C(c5ccc(Cl)cc5)CCCCC4)CC3)cc2)[C@H](CCN2CCCOCC2)CSc2ccccc2)c(S(=O)(=O)C(F)(F)Cl)c1. The lowest BCUT2D eigenvalue weighted by Gasteiger charge is -2.37. The third-order valence-electron chi connectivity index (χ3n) is 12.3. The standard InChI is InChI=1S/C47H55Cl2F2N5O6S3/c48-38-16-12-35(13-17-38)43-11-6-1-3-8-37(43)33-54-25-27-55(28-26-54)39-18-14-36(15-19-39)46(57)56(44-21-20-42(65(52,60)61)32-45(44)64(58,59)47(49,50)51)40(34-63-41-9-4-2-5-10-41)22-24-53-23-7-30-62-31-29-53/h2,4-5,9-10,12-21,32,40H,1,3,6-8,11,22-31,33-34H2,(H2,52,60,61)/t40-/m1/s1. The lowest BCUT2D eigenvalue weighted by Crippen LogP contribution is -2.47. The van der Waals surface area contributed by atoms with Crippen molar-refractivity contribution in [3.63, 3.8) is 0 Å². The van der Waals surface area contributed by atoms with Crippen molar-refractivity contribution in [3.8, 4) is 0 Å². The second-order valence-corrected chi connectivity index (χ2v) is 22.4. The summed E-state index contributed by atoms with van der Waals surface area (Å²) in [7, 11) is -10.4. The number of amides is 1. The van der Waals surface area contributed by atoms with E-state index >= 15 is 4.79 Å². The molecular weight excluding hydrogens is 936 g/mol. The molecule has 18 heteroatoms. The molecule has 350 valence electrons. The van der Waals surface area contributed by atoms with Crippen LogP contribution >= 0.6 is 35.0 Å². The number of hydrogen-bond acceptors (Lipinski definition) is 10. The molecule has 2 N–H and O–H groups in total. The number of sulfone groups is 1. The third kappa shape index (κ3) is 12.7. The van der Waals surface area contributed by atoms with Crippen molar-refractivity contribution in [1.82, 2.24) is 9.80 Å². The van der Waals surface area contributed by atoms with E-state index < -0.39 is 52.0 Å². The third-order valence-corrected chi connectivity index (χ3v) is 16.7. The first-order chi connectivity index (χ1) is 31.1. The first-order valence-electron chi connectivity index (χ1n) is 21.9. The molecule has 2 saturated heterocycles. The van der Waals surface area contributed by atoms with Crippen LogP contribution in [0.1, 0.15) is 60.9 Å². The Bertz CT molecular complexity index is 2500. The summed E-state index contributed by atoms with van der Waals surface area (Å²) in [6.45, 7) is 7.04. The van der Waals surface area contributed by atoms with Gasteiger partial charge in [-0.15, -0.1) is 11.8 Å². The number of sulfonamides is 1. The number of allylic oxidation sites excluding steroid dienone is 1. The fraction of sp³-hybridized carbons (Fsp3) is 0.426. The van der Waals surface area contributed by atoms with Crippen LogP contribution in [0.3, 0.4) is 0 Å². The lowest BCUT2D eigenvalue weighted by molar-refractivity contribution is 0.0974. The van der Waals surface area contributed by atoms with Gasteiger partial charge in [0.1, 0.15) is 0 Å². The highest BCUT2D eigenvalue weighted by atomic mass is 35.5. The average Bonchev–Trinajstić information content (AvgIpc) is 3.70. The summed E-state index contributed by atoms with van der Waals surface area (Å²) in [6, 6.07) is 26.4. The summed E-state index contributed by atoms with van der Waals surface area (Å²) in [5.74, 6) is -0.432. The van der Waals surface area contributed by atoms with Crippen molar-refractivity contribution in [2.24, 2.45) is 5.14 Å². The number of piperazine rings is 1. The Morgan fingerprint density at radius 2 is 1.52 bits per heavy atom. The summed E-state index contributed by atoms with van der Waals surface area (Å²) in [5.41, 5.74) is 4.78. The molecule has 2 aliphatic heterocycles. The van der Waals surface area contributed by atoms with Gasteiger partial charge in [-0.3, -0.25) is 9.69 Å². The fourth-order valence-corrected chi connectivity index (χ4v) is 11.8. The van der Waals surface area contributed by atoms with Gasteiger partial charge in [-0.2, -0.15) is 8.78 Å². The molecule has 7 rings (SSSR count). The number of primary sulfonamides is 1. The molecule has 0 aromatic heterocycles. The Labute approximate surface area is 395 Å². The lowest BCUT2D eigenvalue weighted by atomic mass is 9.95. The molecule has 1 amide bonds. The number of benzene rings is 4. The van der Waals surface area contributed by atoms with Gasteiger partial charge >= 0.3 is 4.71 Å². The smallest absolute Gasteiger partial charge is 0.380 e. The maximum absolute atomic E-state index is 15.1. The molecule has 4 aromatic carbocycles. The first kappa shape index (κ1) is 49.3. The quantitative estimate of drug-likeness (QED) is 0.0857. The zero-order valence-corrected chi connectivity index (χ0v) is 40.1. The minimum absolute atomic E-state index is 0.178. The van der Waals surface area contributed by atoms with Crippen LogP contribution in [-0.2, 0) is 24.6 Å². The van der Waals surface area contributed by atoms with Crippen LogP contribution in [0.2, 0.25) is 5.02 Å². The van der Waals surface area contributed by atoms with Gasteiger partial charge in [0, 0.05) is 91.9 Å². The van der Waals surface area contributed by atoms with Crippen LogP contribution in [0, 0.1) is 0 Å². The number of anilines is 2. The van der Waals surface area contributed by atoms with Crippen molar-refractivity contribution in [1.29, 1.82) is 0 Å². The Kier molecular flexibility index (Phi) is 16.7. The van der Waals surface area contributed by atoms with E-state index in [9.17, 15) is 25.6 Å². The van der Waals surface area contributed by atoms with Gasteiger partial charge in [0.15, 0.2) is 0 Å². The van der Waals surface area contributed by atoms with E-state index in [1.54, 1.807) is 12.1 Å². The second kappa shape index (κ2) is 22.0. The maximum atomic E-state index is 15.1. The molecule has 1 aliphatic carbocycles. The van der Waals surface area contributed by atoms with E-state index in [1.807, 2.05) is 54.6 Å². The minimum Gasteiger partial charge on any atom is -0.380 e. The Morgan fingerprint density at radius 1 is 0.815 bits per heavy atom. The maximum Gasteiger partial charge on any atom is 0.427 e. The number of hydrogen-bond donors (Lipinski definition) is 1. The molecule has 4 aromatic rings. The highest BCUT2D eigenvalue weighted by Crippen LogP contribution is 2.41. The predicted molar refractivity (Wildman–Crippen MR) is 257 cm³/mol. The van der Waals surface area contributed by atoms with Gasteiger partial charge < -0.3 is 19.4 Å². The van der Waals surface area contributed by atoms with Crippen molar-refractivity contribution >= 4 is 77.7 Å². The summed E-state index contributed by atoms with van der Waals surface area (Å²) >= 11 is 12.9. The number of nitrogens with two attached hydrogens (primary N) is 1. The normalized spacial score (nSPS) is 18.0. The van der Waals surface area contributed by atoms with Crippen molar-refractivity contribution < 1.29 is 35.1 Å². The van der Waals surface area contributed by atoms with Crippen LogP contribution in [0.4, 0.5) is 20.2 Å². The molecule has 2 heterocycles. The number of halogens is 4. The Balaban J connectivity index is 1.18. The van der Waals surface area contributed by atoms with E-state index in [2.05, 4.69) is 26.8 Å². The van der Waals surface area contributed by atoms with Crippen LogP contribution in [-0.4, -0.2) is 115 Å². The second-order valence-electron chi connectivity index (χ2n) is 16.6. The molecule has 65 heavy (non-hydrogen) atoms. The van der Waals surface area contributed by atoms with Crippen LogP contribution in [0.25, 0.3) is 5.57 Å². The van der Waals surface area contributed by atoms with Gasteiger partial charge in [0.05, 0.1) is 22.1 Å². The number of rotatable bonds is 16. The average molecular weight is 991 g/mol. The van der Waals surface area contributed by atoms with Gasteiger partial charge in [-0.25, -0.2) is 22.0 Å². The van der Waals surface area contributed by atoms with Crippen LogP contribution < -0.4 is 14.9 Å². The zero-order chi connectivity index (χ0) is 46.2. The number of thioether (sulfide) groups is 1. The van der Waals surface area contributed by atoms with E-state index in [1.165, 1.54) is 52.6 Å². The summed E-state index contributed by atoms with van der Waals surface area (Å²) < 4.78 is 82.9. The number of ether oxygens (including phenoxy) is 1. The largest absolute Gasteiger partial charge is 0.427 e. The highest BCUT2D eigenvalue weighted by Gasteiger charge is 2.47. The Morgan fingerprint density at radius 3 is 2.22 bits per heavy atom. The van der Waals surface area contributed by atoms with Gasteiger partial charge in [0.25, 0.3) is 15.7 Å². The van der Waals surface area contributed by atoms with Crippen LogP contribution in [0.15, 0.2) is 117 Å². The summed E-state index contributed by atoms with van der Waals surface area (Å²) in [4.78, 5) is 22.2. The number of carbonyl (C=O) groups is 1. The molecule has 0 spiro atoms. The van der Waals surface area contributed by atoms with Crippen LogP contribution in [0.5, 0.6) is 0 Å². The Hall–Kier alpha value is -3.58. The number of nitrogens with zero attached hydrogens (tertiary/aromatic N) is 4. The minimum atomic E-state index is -5.78. The molecule has 11 nitrogen and oxygen atoms in total. The topological polar surface area (TPSA) is 134 Å². The number of alkyl halides is 3. The monoisotopic (exact) mass is 989 g/mol. The summed E-state index contributed by atoms with van der Waals surface area (Å²) in [5, 5.41) is 6.10. The molecule has 2 fully saturated rings. The number of carbonyl (C=O) groups excluding carboxylic acids is 1. The van der Waals surface area contributed by atoms with Crippen molar-refractivity contribution in [3.05, 3.63) is 119 Å². The summed E-state index contributed by atoms with van der Waals surface area (Å²) in [6.07, 6.45) is 6.77. The molecule has 3 aliphatic rings. The van der Waals surface area contributed by atoms with Gasteiger partial charge in [-0.05, 0) is 128 Å². The van der Waals surface area contributed by atoms with Crippen molar-refractivity contribution in [2.45, 2.75) is 70.4 Å². The zero-order valence-electron chi connectivity index (χ0n) is 36.1. The molecule has 0 bridgehead atoms. The molecule has 0 radical (unpaired) electrons. The van der Waals surface area contributed by atoms with E-state index in [-0.39, 0.29) is 11.3 Å². The molecule has 0 unspecified atom stereocenters. The highest BCUT2D eigenvalue weighted by molar-refractivity contribution is 7.99. The molecule has 1 atom stereocenters. The molecular formula is C47H55Cl2F2N5O6S3. The van der Waals surface area contributed by atoms with Crippen molar-refractivity contribution in [2.75, 3.05) is 81.1 Å². The van der Waals surface area contributed by atoms with Gasteiger partial charge in [-0.1, -0.05) is 53.9 Å². The first-order valence-corrected chi connectivity index (χ1v) is 26.7. The van der Waals surface area contributed by atoms with Gasteiger partial charge in [0.2, 0.25) is 10.0 Å². The fourth-order valence-electron chi connectivity index (χ4n) is 8.74.